The minimum atomic E-state index is -0.131. The third-order valence-corrected chi connectivity index (χ3v) is 5.55. The molecule has 5 rings (SSSR count). The monoisotopic (exact) mass is 380 g/mol. The molecule has 0 bridgehead atoms. The number of piperazine rings is 1. The molecule has 2 aliphatic heterocycles. The summed E-state index contributed by atoms with van der Waals surface area (Å²) in [5, 5.41) is 9.53. The Bertz CT molecular complexity index is 866. The zero-order chi connectivity index (χ0) is 19.0. The molecule has 0 unspecified atom stereocenters. The molecule has 28 heavy (non-hydrogen) atoms. The van der Waals surface area contributed by atoms with Crippen LogP contribution in [0.4, 0.5) is 22.4 Å². The summed E-state index contributed by atoms with van der Waals surface area (Å²) in [4.78, 5) is 29.1. The Morgan fingerprint density at radius 2 is 2.07 bits per heavy atom. The van der Waals surface area contributed by atoms with Gasteiger partial charge >= 0.3 is 6.03 Å². The lowest BCUT2D eigenvalue weighted by molar-refractivity contribution is 0.182. The van der Waals surface area contributed by atoms with E-state index in [-0.39, 0.29) is 6.03 Å². The number of hydrogen-bond acceptors (Lipinski definition) is 7. The molecule has 2 saturated heterocycles. The molecule has 1 aliphatic carbocycles. The summed E-state index contributed by atoms with van der Waals surface area (Å²) in [6, 6.07) is 5.64. The molecule has 1 spiro atoms. The van der Waals surface area contributed by atoms with Crippen molar-refractivity contribution >= 4 is 23.6 Å². The molecule has 9 nitrogen and oxygen atoms in total. The van der Waals surface area contributed by atoms with Gasteiger partial charge in [0.15, 0.2) is 0 Å². The van der Waals surface area contributed by atoms with E-state index in [9.17, 15) is 4.79 Å². The Kier molecular flexibility index (Phi) is 4.33. The van der Waals surface area contributed by atoms with Gasteiger partial charge in [0.25, 0.3) is 0 Å². The molecule has 3 aliphatic rings. The topological polar surface area (TPSA) is 98.3 Å². The van der Waals surface area contributed by atoms with Gasteiger partial charge in [0.1, 0.15) is 11.6 Å². The maximum Gasteiger partial charge on any atom is 0.323 e. The number of anilines is 3. The van der Waals surface area contributed by atoms with Crippen LogP contribution < -0.4 is 20.9 Å². The zero-order valence-corrected chi connectivity index (χ0v) is 15.7. The van der Waals surface area contributed by atoms with E-state index < -0.39 is 0 Å². The lowest BCUT2D eigenvalue weighted by Crippen LogP contribution is -2.51. The molecule has 0 radical (unpaired) electrons. The van der Waals surface area contributed by atoms with Crippen molar-refractivity contribution in [3.05, 3.63) is 36.2 Å². The van der Waals surface area contributed by atoms with E-state index in [2.05, 4.69) is 41.9 Å². The van der Waals surface area contributed by atoms with Gasteiger partial charge in [0, 0.05) is 57.2 Å². The van der Waals surface area contributed by atoms with Gasteiger partial charge in [0.2, 0.25) is 5.95 Å². The molecule has 9 heteroatoms. The SMILES string of the molecule is O=C1NCCN1c1ccnc(Nc2ccc(CN3CCNC4(CC4)C3)cn2)n1. The summed E-state index contributed by atoms with van der Waals surface area (Å²) in [6.45, 7) is 5.42. The quantitative estimate of drug-likeness (QED) is 0.714. The number of nitrogens with zero attached hydrogens (tertiary/aromatic N) is 5. The number of rotatable bonds is 5. The number of pyridine rings is 1. The fourth-order valence-electron chi connectivity index (χ4n) is 3.88. The van der Waals surface area contributed by atoms with E-state index >= 15 is 0 Å². The van der Waals surface area contributed by atoms with Gasteiger partial charge < -0.3 is 16.0 Å². The predicted octanol–water partition coefficient (Wildman–Crippen LogP) is 1.08. The fourth-order valence-corrected chi connectivity index (χ4v) is 3.88. The largest absolute Gasteiger partial charge is 0.336 e. The van der Waals surface area contributed by atoms with Crippen LogP contribution >= 0.6 is 0 Å². The second-order valence-electron chi connectivity index (χ2n) is 7.72. The van der Waals surface area contributed by atoms with Gasteiger partial charge in [-0.05, 0) is 30.5 Å². The van der Waals surface area contributed by atoms with Crippen molar-refractivity contribution in [3.63, 3.8) is 0 Å². The highest BCUT2D eigenvalue weighted by atomic mass is 16.2. The molecule has 2 aromatic rings. The molecule has 4 heterocycles. The minimum Gasteiger partial charge on any atom is -0.336 e. The summed E-state index contributed by atoms with van der Waals surface area (Å²) in [7, 11) is 0. The van der Waals surface area contributed by atoms with E-state index in [1.54, 1.807) is 17.2 Å². The molecular formula is C19H24N8O. The first kappa shape index (κ1) is 17.3. The molecular weight excluding hydrogens is 356 g/mol. The first-order valence-electron chi connectivity index (χ1n) is 9.77. The summed E-state index contributed by atoms with van der Waals surface area (Å²) in [5.41, 5.74) is 1.59. The van der Waals surface area contributed by atoms with Crippen LogP contribution in [0.5, 0.6) is 0 Å². The summed E-state index contributed by atoms with van der Waals surface area (Å²) in [5.74, 6) is 1.69. The van der Waals surface area contributed by atoms with Crippen LogP contribution in [-0.4, -0.2) is 64.1 Å². The molecule has 0 aromatic carbocycles. The number of urea groups is 1. The van der Waals surface area contributed by atoms with E-state index in [1.165, 1.54) is 18.4 Å². The first-order valence-corrected chi connectivity index (χ1v) is 9.77. The summed E-state index contributed by atoms with van der Waals surface area (Å²) in [6.07, 6.45) is 6.13. The number of hydrogen-bond donors (Lipinski definition) is 3. The van der Waals surface area contributed by atoms with Gasteiger partial charge in [-0.2, -0.15) is 4.98 Å². The maximum atomic E-state index is 11.8. The highest BCUT2D eigenvalue weighted by Crippen LogP contribution is 2.37. The van der Waals surface area contributed by atoms with E-state index in [0.29, 0.717) is 36.2 Å². The third-order valence-electron chi connectivity index (χ3n) is 5.55. The number of aromatic nitrogens is 3. The second kappa shape index (κ2) is 6.99. The average Bonchev–Trinajstić information content (AvgIpc) is 3.29. The van der Waals surface area contributed by atoms with Crippen molar-refractivity contribution in [1.29, 1.82) is 0 Å². The van der Waals surface area contributed by atoms with Crippen molar-refractivity contribution in [2.45, 2.75) is 24.9 Å². The van der Waals surface area contributed by atoms with Gasteiger partial charge in [-0.3, -0.25) is 9.80 Å². The number of nitrogens with one attached hydrogen (secondary N) is 3. The van der Waals surface area contributed by atoms with Crippen LogP contribution in [0.25, 0.3) is 0 Å². The Morgan fingerprint density at radius 3 is 2.82 bits per heavy atom. The van der Waals surface area contributed by atoms with E-state index in [4.69, 9.17) is 0 Å². The van der Waals surface area contributed by atoms with Crippen LogP contribution in [0.2, 0.25) is 0 Å². The molecule has 3 N–H and O–H groups in total. The normalized spacial score (nSPS) is 21.0. The van der Waals surface area contributed by atoms with Crippen molar-refractivity contribution in [1.82, 2.24) is 30.5 Å². The van der Waals surface area contributed by atoms with Crippen LogP contribution in [0.15, 0.2) is 30.6 Å². The highest BCUT2D eigenvalue weighted by Gasteiger charge is 2.45. The lowest BCUT2D eigenvalue weighted by Gasteiger charge is -2.33. The van der Waals surface area contributed by atoms with Crippen molar-refractivity contribution in [2.24, 2.45) is 0 Å². The molecule has 0 atom stereocenters. The fraction of sp³-hybridized carbons (Fsp3) is 0.474. The number of carbonyl (C=O) groups excluding carboxylic acids is 1. The molecule has 146 valence electrons. The van der Waals surface area contributed by atoms with Gasteiger partial charge in [-0.15, -0.1) is 0 Å². The van der Waals surface area contributed by atoms with Crippen LogP contribution in [0.1, 0.15) is 18.4 Å². The Morgan fingerprint density at radius 1 is 1.14 bits per heavy atom. The number of carbonyl (C=O) groups is 1. The average molecular weight is 380 g/mol. The summed E-state index contributed by atoms with van der Waals surface area (Å²) < 4.78 is 0. The van der Waals surface area contributed by atoms with E-state index in [1.807, 2.05) is 12.3 Å². The first-order chi connectivity index (χ1) is 13.7. The van der Waals surface area contributed by atoms with Crippen LogP contribution in [0.3, 0.4) is 0 Å². The van der Waals surface area contributed by atoms with Gasteiger partial charge in [-0.25, -0.2) is 14.8 Å². The van der Waals surface area contributed by atoms with Crippen molar-refractivity contribution in [2.75, 3.05) is 42.9 Å². The number of amides is 2. The zero-order valence-electron chi connectivity index (χ0n) is 15.7. The Hall–Kier alpha value is -2.78. The predicted molar refractivity (Wildman–Crippen MR) is 106 cm³/mol. The Balaban J connectivity index is 1.22. The van der Waals surface area contributed by atoms with Crippen molar-refractivity contribution in [3.8, 4) is 0 Å². The van der Waals surface area contributed by atoms with Gasteiger partial charge in [-0.1, -0.05) is 6.07 Å². The van der Waals surface area contributed by atoms with E-state index in [0.717, 1.165) is 26.2 Å². The standard InChI is InChI=1S/C19H24N8O/c28-18-21-7-10-27(18)16-3-6-20-17(25-16)24-15-2-1-14(11-22-15)12-26-9-8-23-19(13-26)4-5-19/h1-3,6,11,23H,4-5,7-10,12-13H2,(H,21,28)(H,20,22,24,25). The van der Waals surface area contributed by atoms with Crippen LogP contribution in [-0.2, 0) is 6.54 Å². The minimum absolute atomic E-state index is 0.131. The second-order valence-corrected chi connectivity index (χ2v) is 7.72. The van der Waals surface area contributed by atoms with Gasteiger partial charge in [0.05, 0.1) is 0 Å². The Labute approximate surface area is 163 Å². The molecule has 2 aromatic heterocycles. The maximum absolute atomic E-state index is 11.8. The summed E-state index contributed by atoms with van der Waals surface area (Å²) >= 11 is 0. The highest BCUT2D eigenvalue weighted by molar-refractivity contribution is 5.93. The molecule has 3 fully saturated rings. The third kappa shape index (κ3) is 3.63. The van der Waals surface area contributed by atoms with Crippen molar-refractivity contribution < 1.29 is 4.79 Å². The molecule has 2 amide bonds. The van der Waals surface area contributed by atoms with Crippen LogP contribution in [0, 0.1) is 0 Å². The molecule has 1 saturated carbocycles. The smallest absolute Gasteiger partial charge is 0.323 e. The lowest BCUT2D eigenvalue weighted by atomic mass is 10.1.